The first kappa shape index (κ1) is 19.4. The molecule has 0 saturated carbocycles. The lowest BCUT2D eigenvalue weighted by atomic mass is 10.0. The zero-order chi connectivity index (χ0) is 19.2. The number of ether oxygens (including phenoxy) is 1. The molecule has 0 aromatic heterocycles. The number of benzene rings is 2. The van der Waals surface area contributed by atoms with E-state index in [9.17, 15) is 4.79 Å². The Morgan fingerprint density at radius 2 is 1.63 bits per heavy atom. The first-order valence-electron chi connectivity index (χ1n) is 9.87. The van der Waals surface area contributed by atoms with Gasteiger partial charge in [-0.15, -0.1) is 0 Å². The number of anilines is 1. The molecule has 1 aliphatic heterocycles. The van der Waals surface area contributed by atoms with Crippen LogP contribution in [0.15, 0.2) is 48.5 Å². The molecule has 1 amide bonds. The van der Waals surface area contributed by atoms with Crippen LogP contribution in [0, 0.1) is 0 Å². The number of nitrogens with zero attached hydrogens (tertiary/aromatic N) is 2. The summed E-state index contributed by atoms with van der Waals surface area (Å²) in [5.74, 6) is 0.0844. The standard InChI is InChI=1S/C23H30N2O2/c1-4-25(17-22-7-5-6-16-27-22)23(26)20-10-8-18(9-11-20)19-12-14-21(15-13-19)24(2)3/h8-15,22H,4-7,16-17H2,1-3H3/t22-/m0/s1. The van der Waals surface area contributed by atoms with Crippen molar-refractivity contribution >= 4 is 11.6 Å². The molecule has 2 aromatic carbocycles. The summed E-state index contributed by atoms with van der Waals surface area (Å²) >= 11 is 0. The minimum atomic E-state index is 0.0844. The molecule has 1 saturated heterocycles. The average Bonchev–Trinajstić information content (AvgIpc) is 2.72. The van der Waals surface area contributed by atoms with E-state index in [2.05, 4.69) is 29.2 Å². The van der Waals surface area contributed by atoms with E-state index in [1.165, 1.54) is 12.1 Å². The fourth-order valence-electron chi connectivity index (χ4n) is 3.49. The van der Waals surface area contributed by atoms with E-state index in [-0.39, 0.29) is 12.0 Å². The molecule has 0 aliphatic carbocycles. The lowest BCUT2D eigenvalue weighted by Gasteiger charge is -2.29. The summed E-state index contributed by atoms with van der Waals surface area (Å²) in [6.07, 6.45) is 3.55. The van der Waals surface area contributed by atoms with Gasteiger partial charge >= 0.3 is 0 Å². The molecule has 2 aromatic rings. The molecule has 1 aliphatic rings. The van der Waals surface area contributed by atoms with Gasteiger partial charge in [-0.25, -0.2) is 0 Å². The van der Waals surface area contributed by atoms with Gasteiger partial charge in [-0.2, -0.15) is 0 Å². The second-order valence-electron chi connectivity index (χ2n) is 7.35. The second kappa shape index (κ2) is 9.05. The van der Waals surface area contributed by atoms with Crippen LogP contribution in [0.1, 0.15) is 36.5 Å². The van der Waals surface area contributed by atoms with Crippen molar-refractivity contribution in [1.29, 1.82) is 0 Å². The van der Waals surface area contributed by atoms with Crippen molar-refractivity contribution in [3.8, 4) is 11.1 Å². The fourth-order valence-corrected chi connectivity index (χ4v) is 3.49. The number of carbonyl (C=O) groups excluding carboxylic acids is 1. The summed E-state index contributed by atoms with van der Waals surface area (Å²) in [5.41, 5.74) is 4.19. The van der Waals surface area contributed by atoms with Gasteiger partial charge in [0.25, 0.3) is 5.91 Å². The van der Waals surface area contributed by atoms with Gasteiger partial charge < -0.3 is 14.5 Å². The van der Waals surface area contributed by atoms with Crippen LogP contribution in [0.25, 0.3) is 11.1 Å². The third-order valence-corrected chi connectivity index (χ3v) is 5.22. The van der Waals surface area contributed by atoms with E-state index in [0.29, 0.717) is 13.1 Å². The number of carbonyl (C=O) groups is 1. The van der Waals surface area contributed by atoms with Crippen LogP contribution in [0.4, 0.5) is 5.69 Å². The molecule has 0 N–H and O–H groups in total. The summed E-state index contributed by atoms with van der Waals surface area (Å²) < 4.78 is 5.80. The van der Waals surface area contributed by atoms with Gasteiger partial charge in [0, 0.05) is 45.0 Å². The monoisotopic (exact) mass is 366 g/mol. The third kappa shape index (κ3) is 4.89. The highest BCUT2D eigenvalue weighted by molar-refractivity contribution is 5.94. The van der Waals surface area contributed by atoms with E-state index in [0.717, 1.165) is 36.1 Å². The molecule has 1 fully saturated rings. The molecule has 0 bridgehead atoms. The van der Waals surface area contributed by atoms with Crippen molar-refractivity contribution in [2.24, 2.45) is 0 Å². The Balaban J connectivity index is 1.68. The largest absolute Gasteiger partial charge is 0.378 e. The number of hydrogen-bond donors (Lipinski definition) is 0. The average molecular weight is 367 g/mol. The minimum absolute atomic E-state index is 0.0844. The van der Waals surface area contributed by atoms with Gasteiger partial charge in [-0.1, -0.05) is 24.3 Å². The van der Waals surface area contributed by atoms with E-state index in [1.54, 1.807) is 0 Å². The van der Waals surface area contributed by atoms with E-state index < -0.39 is 0 Å². The molecule has 1 atom stereocenters. The Kier molecular flexibility index (Phi) is 6.51. The normalized spacial score (nSPS) is 16.8. The molecular formula is C23H30N2O2. The van der Waals surface area contributed by atoms with Gasteiger partial charge in [-0.05, 0) is 61.6 Å². The fraction of sp³-hybridized carbons (Fsp3) is 0.435. The SMILES string of the molecule is CCN(C[C@@H]1CCCCO1)C(=O)c1ccc(-c2ccc(N(C)C)cc2)cc1. The zero-order valence-corrected chi connectivity index (χ0v) is 16.6. The van der Waals surface area contributed by atoms with Gasteiger partial charge in [0.2, 0.25) is 0 Å². The Hall–Kier alpha value is -2.33. The second-order valence-corrected chi connectivity index (χ2v) is 7.35. The van der Waals surface area contributed by atoms with Crippen molar-refractivity contribution in [2.75, 3.05) is 38.7 Å². The minimum Gasteiger partial charge on any atom is -0.378 e. The van der Waals surface area contributed by atoms with Crippen LogP contribution in [-0.4, -0.2) is 50.7 Å². The maximum Gasteiger partial charge on any atom is 0.253 e. The Morgan fingerprint density at radius 3 is 2.15 bits per heavy atom. The van der Waals surface area contributed by atoms with Gasteiger partial charge in [-0.3, -0.25) is 4.79 Å². The Morgan fingerprint density at radius 1 is 1.00 bits per heavy atom. The van der Waals surface area contributed by atoms with Crippen molar-refractivity contribution < 1.29 is 9.53 Å². The molecule has 0 unspecified atom stereocenters. The molecule has 3 rings (SSSR count). The Bertz CT molecular complexity index is 732. The molecule has 1 heterocycles. The number of likely N-dealkylation sites (N-methyl/N-ethyl adjacent to an activating group) is 1. The van der Waals surface area contributed by atoms with Crippen LogP contribution in [0.2, 0.25) is 0 Å². The summed E-state index contributed by atoms with van der Waals surface area (Å²) in [6.45, 7) is 4.23. The van der Waals surface area contributed by atoms with Gasteiger partial charge in [0.15, 0.2) is 0 Å². The topological polar surface area (TPSA) is 32.8 Å². The molecular weight excluding hydrogens is 336 g/mol. The van der Waals surface area contributed by atoms with Gasteiger partial charge in [0.05, 0.1) is 6.10 Å². The summed E-state index contributed by atoms with van der Waals surface area (Å²) in [7, 11) is 4.07. The molecule has 27 heavy (non-hydrogen) atoms. The predicted octanol–water partition coefficient (Wildman–Crippen LogP) is 4.45. The Labute approximate surface area is 162 Å². The van der Waals surface area contributed by atoms with Crippen LogP contribution < -0.4 is 4.90 Å². The van der Waals surface area contributed by atoms with Crippen molar-refractivity contribution in [2.45, 2.75) is 32.3 Å². The van der Waals surface area contributed by atoms with Crippen LogP contribution in [0.3, 0.4) is 0 Å². The summed E-state index contributed by atoms with van der Waals surface area (Å²) in [6, 6.07) is 16.4. The number of hydrogen-bond acceptors (Lipinski definition) is 3. The van der Waals surface area contributed by atoms with E-state index in [1.807, 2.05) is 50.2 Å². The van der Waals surface area contributed by atoms with E-state index >= 15 is 0 Å². The lowest BCUT2D eigenvalue weighted by Crippen LogP contribution is -2.39. The molecule has 0 radical (unpaired) electrons. The highest BCUT2D eigenvalue weighted by atomic mass is 16.5. The predicted molar refractivity (Wildman–Crippen MR) is 111 cm³/mol. The molecule has 4 heteroatoms. The van der Waals surface area contributed by atoms with Crippen molar-refractivity contribution in [1.82, 2.24) is 4.90 Å². The van der Waals surface area contributed by atoms with Crippen molar-refractivity contribution in [3.63, 3.8) is 0 Å². The summed E-state index contributed by atoms with van der Waals surface area (Å²) in [5, 5.41) is 0. The quantitative estimate of drug-likeness (QED) is 0.757. The highest BCUT2D eigenvalue weighted by Gasteiger charge is 2.21. The smallest absolute Gasteiger partial charge is 0.253 e. The first-order chi connectivity index (χ1) is 13.1. The van der Waals surface area contributed by atoms with Crippen LogP contribution >= 0.6 is 0 Å². The lowest BCUT2D eigenvalue weighted by molar-refractivity contribution is -0.00311. The molecule has 144 valence electrons. The first-order valence-corrected chi connectivity index (χ1v) is 9.87. The van der Waals surface area contributed by atoms with E-state index in [4.69, 9.17) is 4.74 Å². The number of amides is 1. The highest BCUT2D eigenvalue weighted by Crippen LogP contribution is 2.23. The molecule has 4 nitrogen and oxygen atoms in total. The molecule has 0 spiro atoms. The third-order valence-electron chi connectivity index (χ3n) is 5.22. The summed E-state index contributed by atoms with van der Waals surface area (Å²) in [4.78, 5) is 16.9. The van der Waals surface area contributed by atoms with Crippen molar-refractivity contribution in [3.05, 3.63) is 54.1 Å². The van der Waals surface area contributed by atoms with Gasteiger partial charge in [0.1, 0.15) is 0 Å². The van der Waals surface area contributed by atoms with Crippen LogP contribution in [-0.2, 0) is 4.74 Å². The maximum atomic E-state index is 12.9. The maximum absolute atomic E-state index is 12.9. The van der Waals surface area contributed by atoms with Crippen LogP contribution in [0.5, 0.6) is 0 Å². The zero-order valence-electron chi connectivity index (χ0n) is 16.6. The number of rotatable bonds is 6.